The monoisotopic (exact) mass is 430 g/mol. The number of hydrogen-bond donors (Lipinski definition) is 1. The summed E-state index contributed by atoms with van der Waals surface area (Å²) in [5.74, 6) is -2.95. The lowest BCUT2D eigenvalue weighted by molar-refractivity contribution is -0.274. The van der Waals surface area contributed by atoms with E-state index in [0.29, 0.717) is 37.7 Å². The summed E-state index contributed by atoms with van der Waals surface area (Å²) in [6.45, 7) is 2.27. The Kier molecular flexibility index (Phi) is 5.99. The van der Waals surface area contributed by atoms with Crippen LogP contribution in [0.5, 0.6) is 5.75 Å². The highest BCUT2D eigenvalue weighted by molar-refractivity contribution is 5.89. The molecule has 2 amide bonds. The maximum atomic E-state index is 13.5. The molecule has 2 aromatic rings. The van der Waals surface area contributed by atoms with Crippen molar-refractivity contribution in [1.29, 1.82) is 0 Å². The van der Waals surface area contributed by atoms with E-state index in [9.17, 15) is 26.7 Å². The van der Waals surface area contributed by atoms with Crippen LogP contribution in [0, 0.1) is 0 Å². The minimum atomic E-state index is -4.79. The van der Waals surface area contributed by atoms with E-state index in [-0.39, 0.29) is 11.3 Å². The van der Waals surface area contributed by atoms with Gasteiger partial charge in [-0.1, -0.05) is 0 Å². The van der Waals surface area contributed by atoms with Gasteiger partial charge in [0, 0.05) is 50.6 Å². The van der Waals surface area contributed by atoms with Crippen molar-refractivity contribution in [2.45, 2.75) is 19.2 Å². The zero-order chi connectivity index (χ0) is 21.9. The lowest BCUT2D eigenvalue weighted by Crippen LogP contribution is -2.50. The maximum Gasteiger partial charge on any atom is 0.573 e. The molecule has 11 heteroatoms. The van der Waals surface area contributed by atoms with E-state index >= 15 is 0 Å². The fourth-order valence-electron chi connectivity index (χ4n) is 2.95. The summed E-state index contributed by atoms with van der Waals surface area (Å²) in [5.41, 5.74) is 0.183. The third-order valence-corrected chi connectivity index (χ3v) is 4.48. The standard InChI is InChI=1S/C19H19F5N4O2/c1-18(20,21)13-6-7-25-16(12-13)27-8-10-28(11-9-27)17(29)26-14-2-4-15(5-3-14)30-19(22,23)24/h2-7,12H,8-11H2,1H3,(H,26,29). The van der Waals surface area contributed by atoms with E-state index < -0.39 is 18.3 Å². The first kappa shape index (κ1) is 21.6. The molecular weight excluding hydrogens is 411 g/mol. The van der Waals surface area contributed by atoms with E-state index in [4.69, 9.17) is 0 Å². The van der Waals surface area contributed by atoms with Gasteiger partial charge in [-0.15, -0.1) is 13.2 Å². The second-order valence-corrected chi connectivity index (χ2v) is 6.77. The molecule has 1 aromatic heterocycles. The summed E-state index contributed by atoms with van der Waals surface area (Å²) < 4.78 is 67.4. The predicted molar refractivity (Wildman–Crippen MR) is 99.7 cm³/mol. The topological polar surface area (TPSA) is 57.7 Å². The second kappa shape index (κ2) is 8.33. The molecule has 0 bridgehead atoms. The van der Waals surface area contributed by atoms with Gasteiger partial charge in [-0.05, 0) is 36.4 Å². The molecule has 3 rings (SSSR count). The fourth-order valence-corrected chi connectivity index (χ4v) is 2.95. The fraction of sp³-hybridized carbons (Fsp3) is 0.368. The Morgan fingerprint density at radius 3 is 2.23 bits per heavy atom. The molecule has 30 heavy (non-hydrogen) atoms. The van der Waals surface area contributed by atoms with Crippen LogP contribution in [-0.2, 0) is 5.92 Å². The number of alkyl halides is 5. The number of aromatic nitrogens is 1. The smallest absolute Gasteiger partial charge is 0.406 e. The van der Waals surface area contributed by atoms with Gasteiger partial charge in [0.1, 0.15) is 11.6 Å². The third-order valence-electron chi connectivity index (χ3n) is 4.48. The van der Waals surface area contributed by atoms with Crippen molar-refractivity contribution < 1.29 is 31.5 Å². The molecule has 0 radical (unpaired) electrons. The van der Waals surface area contributed by atoms with E-state index in [1.165, 1.54) is 35.4 Å². The molecule has 1 aromatic carbocycles. The Balaban J connectivity index is 1.54. The molecule has 0 atom stereocenters. The number of nitrogens with zero attached hydrogens (tertiary/aromatic N) is 3. The SMILES string of the molecule is CC(F)(F)c1ccnc(N2CCN(C(=O)Nc3ccc(OC(F)(F)F)cc3)CC2)c1. The van der Waals surface area contributed by atoms with Crippen molar-refractivity contribution >= 4 is 17.5 Å². The summed E-state index contributed by atoms with van der Waals surface area (Å²) >= 11 is 0. The number of amides is 2. The summed E-state index contributed by atoms with van der Waals surface area (Å²) in [4.78, 5) is 19.8. The van der Waals surface area contributed by atoms with Crippen LogP contribution in [0.4, 0.5) is 38.3 Å². The minimum Gasteiger partial charge on any atom is -0.406 e. The van der Waals surface area contributed by atoms with Crippen molar-refractivity contribution in [3.05, 3.63) is 48.2 Å². The number of anilines is 2. The number of pyridine rings is 1. The lowest BCUT2D eigenvalue weighted by atomic mass is 10.1. The van der Waals surface area contributed by atoms with E-state index in [2.05, 4.69) is 15.0 Å². The Bertz CT molecular complexity index is 876. The number of benzene rings is 1. The number of nitrogens with one attached hydrogen (secondary N) is 1. The third kappa shape index (κ3) is 5.71. The maximum absolute atomic E-state index is 13.5. The Morgan fingerprint density at radius 2 is 1.67 bits per heavy atom. The first-order chi connectivity index (χ1) is 14.0. The lowest BCUT2D eigenvalue weighted by Gasteiger charge is -2.35. The number of rotatable bonds is 4. The van der Waals surface area contributed by atoms with Gasteiger partial charge in [-0.3, -0.25) is 0 Å². The van der Waals surface area contributed by atoms with Gasteiger partial charge in [0.05, 0.1) is 0 Å². The molecule has 1 aliphatic heterocycles. The molecule has 0 unspecified atom stereocenters. The summed E-state index contributed by atoms with van der Waals surface area (Å²) in [6, 6.07) is 6.98. The van der Waals surface area contributed by atoms with Crippen molar-refractivity contribution in [3.8, 4) is 5.75 Å². The van der Waals surface area contributed by atoms with Crippen molar-refractivity contribution in [2.75, 3.05) is 36.4 Å². The largest absolute Gasteiger partial charge is 0.573 e. The van der Waals surface area contributed by atoms with Crippen LogP contribution in [-0.4, -0.2) is 48.5 Å². The predicted octanol–water partition coefficient (Wildman–Crippen LogP) is 4.45. The Labute approximate surface area is 169 Å². The molecule has 6 nitrogen and oxygen atoms in total. The number of halogens is 5. The highest BCUT2D eigenvalue weighted by Gasteiger charge is 2.31. The molecule has 1 N–H and O–H groups in total. The van der Waals surface area contributed by atoms with Gasteiger partial charge in [-0.25, -0.2) is 18.6 Å². The van der Waals surface area contributed by atoms with Crippen LogP contribution < -0.4 is 15.0 Å². The number of urea groups is 1. The van der Waals surface area contributed by atoms with Crippen LogP contribution in [0.3, 0.4) is 0 Å². The van der Waals surface area contributed by atoms with Crippen molar-refractivity contribution in [2.24, 2.45) is 0 Å². The van der Waals surface area contributed by atoms with E-state index in [0.717, 1.165) is 19.1 Å². The van der Waals surface area contributed by atoms with Gasteiger partial charge in [0.25, 0.3) is 5.92 Å². The van der Waals surface area contributed by atoms with Gasteiger partial charge in [0.2, 0.25) is 0 Å². The molecule has 1 fully saturated rings. The second-order valence-electron chi connectivity index (χ2n) is 6.77. The molecule has 162 valence electrons. The van der Waals surface area contributed by atoms with Gasteiger partial charge >= 0.3 is 12.4 Å². The highest BCUT2D eigenvalue weighted by Crippen LogP contribution is 2.29. The minimum absolute atomic E-state index is 0.134. The molecule has 0 aliphatic carbocycles. The summed E-state index contributed by atoms with van der Waals surface area (Å²) in [6.07, 6.45) is -3.46. The van der Waals surface area contributed by atoms with Crippen LogP contribution in [0.2, 0.25) is 0 Å². The highest BCUT2D eigenvalue weighted by atomic mass is 19.4. The average Bonchev–Trinajstić information content (AvgIpc) is 2.68. The summed E-state index contributed by atoms with van der Waals surface area (Å²) in [5, 5.41) is 2.60. The van der Waals surface area contributed by atoms with E-state index in [1.54, 1.807) is 0 Å². The summed E-state index contributed by atoms with van der Waals surface area (Å²) in [7, 11) is 0. The zero-order valence-corrected chi connectivity index (χ0v) is 15.9. The van der Waals surface area contributed by atoms with Crippen LogP contribution in [0.15, 0.2) is 42.6 Å². The molecule has 0 spiro atoms. The van der Waals surface area contributed by atoms with Crippen LogP contribution in [0.1, 0.15) is 12.5 Å². The number of ether oxygens (including phenoxy) is 1. The van der Waals surface area contributed by atoms with E-state index in [1.807, 2.05) is 4.90 Å². The number of carbonyl (C=O) groups excluding carboxylic acids is 1. The number of carbonyl (C=O) groups is 1. The molecule has 2 heterocycles. The number of hydrogen-bond acceptors (Lipinski definition) is 4. The Morgan fingerprint density at radius 1 is 1.03 bits per heavy atom. The van der Waals surface area contributed by atoms with Crippen LogP contribution in [0.25, 0.3) is 0 Å². The van der Waals surface area contributed by atoms with Gasteiger partial charge < -0.3 is 19.9 Å². The molecular formula is C19H19F5N4O2. The normalized spacial score (nSPS) is 15.1. The first-order valence-corrected chi connectivity index (χ1v) is 9.02. The average molecular weight is 430 g/mol. The van der Waals surface area contributed by atoms with Crippen LogP contribution >= 0.6 is 0 Å². The molecule has 1 saturated heterocycles. The number of piperazine rings is 1. The zero-order valence-electron chi connectivity index (χ0n) is 15.9. The first-order valence-electron chi connectivity index (χ1n) is 9.02. The molecule has 0 saturated carbocycles. The van der Waals surface area contributed by atoms with Crippen molar-refractivity contribution in [1.82, 2.24) is 9.88 Å². The van der Waals surface area contributed by atoms with Gasteiger partial charge in [-0.2, -0.15) is 0 Å². The quantitative estimate of drug-likeness (QED) is 0.729. The molecule has 1 aliphatic rings. The van der Waals surface area contributed by atoms with Gasteiger partial charge in [0.15, 0.2) is 0 Å². The Hall–Kier alpha value is -3.11. The van der Waals surface area contributed by atoms with Crippen molar-refractivity contribution in [3.63, 3.8) is 0 Å².